The van der Waals surface area contributed by atoms with Crippen LogP contribution in [-0.4, -0.2) is 15.2 Å². The topological polar surface area (TPSA) is 72.0 Å². The zero-order chi connectivity index (χ0) is 20.1. The van der Waals surface area contributed by atoms with Gasteiger partial charge in [-0.2, -0.15) is 10.1 Å². The number of para-hydroxylation sites is 1. The van der Waals surface area contributed by atoms with E-state index < -0.39 is 11.6 Å². The molecule has 0 fully saturated rings. The highest BCUT2D eigenvalue weighted by Crippen LogP contribution is 2.24. The molecule has 1 heterocycles. The van der Waals surface area contributed by atoms with Gasteiger partial charge in [-0.3, -0.25) is 0 Å². The van der Waals surface area contributed by atoms with Crippen molar-refractivity contribution in [3.05, 3.63) is 90.6 Å². The van der Waals surface area contributed by atoms with Gasteiger partial charge in [0.25, 0.3) is 0 Å². The summed E-state index contributed by atoms with van der Waals surface area (Å²) >= 11 is 0. The van der Waals surface area contributed by atoms with Crippen LogP contribution in [0.2, 0.25) is 0 Å². The van der Waals surface area contributed by atoms with Crippen molar-refractivity contribution in [3.8, 4) is 11.5 Å². The molecule has 6 nitrogen and oxygen atoms in total. The third-order valence-corrected chi connectivity index (χ3v) is 3.84. The second kappa shape index (κ2) is 8.30. The number of ether oxygens (including phenoxy) is 1. The van der Waals surface area contributed by atoms with E-state index in [1.165, 1.54) is 12.3 Å². The van der Waals surface area contributed by atoms with Crippen molar-refractivity contribution in [2.24, 2.45) is 0 Å². The van der Waals surface area contributed by atoms with Gasteiger partial charge >= 0.3 is 0 Å². The fraction of sp³-hybridized carbons (Fsp3) is 0. The number of rotatable bonds is 6. The normalized spacial score (nSPS) is 10.4. The molecule has 0 amide bonds. The molecule has 3 aromatic carbocycles. The van der Waals surface area contributed by atoms with Crippen molar-refractivity contribution < 1.29 is 13.5 Å². The largest absolute Gasteiger partial charge is 0.457 e. The SMILES string of the molecule is Fc1ccc(Nc2nncc(Nc3ccc(Oc4ccccc4)cc3)n2)c(F)c1. The van der Waals surface area contributed by atoms with E-state index in [4.69, 9.17) is 4.74 Å². The van der Waals surface area contributed by atoms with Crippen LogP contribution in [-0.2, 0) is 0 Å². The number of halogens is 2. The van der Waals surface area contributed by atoms with Gasteiger partial charge in [-0.15, -0.1) is 5.10 Å². The summed E-state index contributed by atoms with van der Waals surface area (Å²) in [6.07, 6.45) is 1.43. The Bertz CT molecular complexity index is 1110. The molecule has 144 valence electrons. The molecule has 8 heteroatoms. The highest BCUT2D eigenvalue weighted by Gasteiger charge is 2.07. The first-order valence-electron chi connectivity index (χ1n) is 8.67. The number of nitrogens with zero attached hydrogens (tertiary/aromatic N) is 3. The first kappa shape index (κ1) is 18.3. The van der Waals surface area contributed by atoms with E-state index in [2.05, 4.69) is 25.8 Å². The van der Waals surface area contributed by atoms with Crippen molar-refractivity contribution in [1.82, 2.24) is 15.2 Å². The van der Waals surface area contributed by atoms with E-state index in [-0.39, 0.29) is 11.6 Å². The Balaban J connectivity index is 1.43. The Hall–Kier alpha value is -4.07. The summed E-state index contributed by atoms with van der Waals surface area (Å²) in [5, 5.41) is 13.4. The highest BCUT2D eigenvalue weighted by atomic mass is 19.1. The third kappa shape index (κ3) is 4.81. The van der Waals surface area contributed by atoms with Gasteiger partial charge in [0, 0.05) is 11.8 Å². The smallest absolute Gasteiger partial charge is 0.249 e. The van der Waals surface area contributed by atoms with Crippen LogP contribution in [0.5, 0.6) is 11.5 Å². The fourth-order valence-corrected chi connectivity index (χ4v) is 2.51. The van der Waals surface area contributed by atoms with Crippen molar-refractivity contribution in [2.45, 2.75) is 0 Å². The Morgan fingerprint density at radius 1 is 0.793 bits per heavy atom. The molecule has 0 aliphatic carbocycles. The Kier molecular flexibility index (Phi) is 5.24. The number of nitrogens with one attached hydrogen (secondary N) is 2. The zero-order valence-electron chi connectivity index (χ0n) is 15.0. The lowest BCUT2D eigenvalue weighted by molar-refractivity contribution is 0.483. The fourth-order valence-electron chi connectivity index (χ4n) is 2.51. The van der Waals surface area contributed by atoms with Gasteiger partial charge in [0.2, 0.25) is 5.95 Å². The Morgan fingerprint density at radius 2 is 1.55 bits per heavy atom. The minimum atomic E-state index is -0.749. The Labute approximate surface area is 165 Å². The van der Waals surface area contributed by atoms with Crippen LogP contribution >= 0.6 is 0 Å². The van der Waals surface area contributed by atoms with Crippen LogP contribution in [0.15, 0.2) is 79.0 Å². The highest BCUT2D eigenvalue weighted by molar-refractivity contribution is 5.59. The van der Waals surface area contributed by atoms with E-state index in [1.54, 1.807) is 0 Å². The molecule has 0 saturated heterocycles. The lowest BCUT2D eigenvalue weighted by Gasteiger charge is -2.09. The molecule has 1 aromatic heterocycles. The summed E-state index contributed by atoms with van der Waals surface area (Å²) in [6, 6.07) is 19.9. The van der Waals surface area contributed by atoms with Gasteiger partial charge in [-0.05, 0) is 48.5 Å². The van der Waals surface area contributed by atoms with Gasteiger partial charge in [0.05, 0.1) is 11.9 Å². The summed E-state index contributed by atoms with van der Waals surface area (Å²) in [5.41, 5.74) is 0.803. The molecule has 0 aliphatic heterocycles. The summed E-state index contributed by atoms with van der Waals surface area (Å²) < 4.78 is 32.5. The molecule has 0 unspecified atom stereocenters. The number of hydrogen-bond donors (Lipinski definition) is 2. The number of benzene rings is 3. The molecule has 0 atom stereocenters. The summed E-state index contributed by atoms with van der Waals surface area (Å²) in [5.74, 6) is 0.503. The van der Waals surface area contributed by atoms with E-state index in [0.717, 1.165) is 23.6 Å². The second-order valence-electron chi connectivity index (χ2n) is 5.98. The maximum Gasteiger partial charge on any atom is 0.249 e. The molecular formula is C21H15F2N5O. The summed E-state index contributed by atoms with van der Waals surface area (Å²) in [4.78, 5) is 4.23. The van der Waals surface area contributed by atoms with Crippen LogP contribution in [0.1, 0.15) is 0 Å². The van der Waals surface area contributed by atoms with Gasteiger partial charge in [-0.1, -0.05) is 18.2 Å². The molecular weight excluding hydrogens is 376 g/mol. The molecule has 4 aromatic rings. The van der Waals surface area contributed by atoms with Crippen molar-refractivity contribution in [2.75, 3.05) is 10.6 Å². The van der Waals surface area contributed by atoms with Crippen LogP contribution in [0, 0.1) is 11.6 Å². The van der Waals surface area contributed by atoms with E-state index in [0.29, 0.717) is 11.6 Å². The maximum atomic E-state index is 13.8. The van der Waals surface area contributed by atoms with Gasteiger partial charge in [0.1, 0.15) is 23.1 Å². The minimum Gasteiger partial charge on any atom is -0.457 e. The molecule has 4 rings (SSSR count). The van der Waals surface area contributed by atoms with Crippen LogP contribution in [0.25, 0.3) is 0 Å². The van der Waals surface area contributed by atoms with Gasteiger partial charge in [0.15, 0.2) is 5.82 Å². The first-order valence-corrected chi connectivity index (χ1v) is 8.67. The summed E-state index contributed by atoms with van der Waals surface area (Å²) in [6.45, 7) is 0. The predicted octanol–water partition coefficient (Wildman–Crippen LogP) is 5.43. The quantitative estimate of drug-likeness (QED) is 0.457. The molecule has 0 radical (unpaired) electrons. The maximum absolute atomic E-state index is 13.8. The molecule has 0 aliphatic rings. The van der Waals surface area contributed by atoms with Crippen molar-refractivity contribution in [3.63, 3.8) is 0 Å². The molecule has 29 heavy (non-hydrogen) atoms. The number of hydrogen-bond acceptors (Lipinski definition) is 6. The molecule has 0 spiro atoms. The van der Waals surface area contributed by atoms with Crippen LogP contribution in [0.4, 0.5) is 31.9 Å². The zero-order valence-corrected chi connectivity index (χ0v) is 15.0. The van der Waals surface area contributed by atoms with E-state index in [9.17, 15) is 8.78 Å². The number of anilines is 4. The lowest BCUT2D eigenvalue weighted by atomic mass is 10.3. The van der Waals surface area contributed by atoms with Crippen molar-refractivity contribution >= 4 is 23.1 Å². The van der Waals surface area contributed by atoms with Crippen LogP contribution in [0.3, 0.4) is 0 Å². The standard InChI is InChI=1S/C21H15F2N5O/c22-14-6-11-19(18(23)12-14)26-21-27-20(13-24-28-21)25-15-7-9-17(10-8-15)29-16-4-2-1-3-5-16/h1-13H,(H2,25,26,27,28). The molecule has 2 N–H and O–H groups in total. The average molecular weight is 391 g/mol. The molecule has 0 saturated carbocycles. The lowest BCUT2D eigenvalue weighted by Crippen LogP contribution is -2.03. The second-order valence-corrected chi connectivity index (χ2v) is 5.98. The minimum absolute atomic E-state index is 0.0489. The van der Waals surface area contributed by atoms with Gasteiger partial charge in [-0.25, -0.2) is 8.78 Å². The van der Waals surface area contributed by atoms with E-state index in [1.807, 2.05) is 54.6 Å². The van der Waals surface area contributed by atoms with E-state index >= 15 is 0 Å². The monoisotopic (exact) mass is 391 g/mol. The van der Waals surface area contributed by atoms with Crippen LogP contribution < -0.4 is 15.4 Å². The van der Waals surface area contributed by atoms with Crippen molar-refractivity contribution in [1.29, 1.82) is 0 Å². The summed E-state index contributed by atoms with van der Waals surface area (Å²) in [7, 11) is 0. The number of aromatic nitrogens is 3. The molecule has 0 bridgehead atoms. The predicted molar refractivity (Wildman–Crippen MR) is 106 cm³/mol. The first-order chi connectivity index (χ1) is 14.2. The average Bonchev–Trinajstić information content (AvgIpc) is 2.73. The third-order valence-electron chi connectivity index (χ3n) is 3.84. The Morgan fingerprint density at radius 3 is 2.31 bits per heavy atom. The van der Waals surface area contributed by atoms with Gasteiger partial charge < -0.3 is 15.4 Å².